The van der Waals surface area contributed by atoms with Crippen LogP contribution in [0.15, 0.2) is 18.2 Å². The third kappa shape index (κ3) is 5.38. The Bertz CT molecular complexity index is 1050. The third-order valence-corrected chi connectivity index (χ3v) is 6.17. The fraction of sp³-hybridized carbons (Fsp3) is 0.522. The SMILES string of the molecule is CC.CC1CCCN1C(=O)c1cc(C(=O)NCc2ccc(C(F)(F)F)nc2Cl)c2n1CCOC2. The number of carbonyl (C=O) groups is 2. The van der Waals surface area contributed by atoms with Gasteiger partial charge in [0.1, 0.15) is 16.5 Å². The van der Waals surface area contributed by atoms with Crippen LogP contribution >= 0.6 is 11.6 Å². The van der Waals surface area contributed by atoms with E-state index in [1.54, 1.807) is 6.07 Å². The molecule has 1 N–H and O–H groups in total. The molecular weight excluding hydrogens is 473 g/mol. The summed E-state index contributed by atoms with van der Waals surface area (Å²) in [5, 5.41) is 2.32. The van der Waals surface area contributed by atoms with Crippen LogP contribution in [0, 0.1) is 0 Å². The lowest BCUT2D eigenvalue weighted by Crippen LogP contribution is -2.35. The van der Waals surface area contributed by atoms with Crippen LogP contribution < -0.4 is 5.32 Å². The molecule has 0 bridgehead atoms. The topological polar surface area (TPSA) is 76.5 Å². The van der Waals surface area contributed by atoms with Gasteiger partial charge in [-0.1, -0.05) is 31.5 Å². The number of fused-ring (bicyclic) bond motifs is 1. The Kier molecular flexibility index (Phi) is 8.25. The first-order valence-corrected chi connectivity index (χ1v) is 11.7. The van der Waals surface area contributed by atoms with Gasteiger partial charge in [0, 0.05) is 31.2 Å². The summed E-state index contributed by atoms with van der Waals surface area (Å²) in [6.07, 6.45) is -2.72. The predicted octanol–water partition coefficient (Wildman–Crippen LogP) is 4.67. The van der Waals surface area contributed by atoms with E-state index in [-0.39, 0.29) is 35.8 Å². The summed E-state index contributed by atoms with van der Waals surface area (Å²) in [5.74, 6) is -0.587. The molecule has 11 heteroatoms. The Morgan fingerprint density at radius 2 is 2.00 bits per heavy atom. The zero-order valence-electron chi connectivity index (χ0n) is 19.3. The van der Waals surface area contributed by atoms with Crippen molar-refractivity contribution >= 4 is 23.4 Å². The van der Waals surface area contributed by atoms with Crippen LogP contribution in [0.25, 0.3) is 0 Å². The van der Waals surface area contributed by atoms with E-state index in [1.807, 2.05) is 30.2 Å². The first-order chi connectivity index (χ1) is 16.2. The van der Waals surface area contributed by atoms with E-state index in [0.717, 1.165) is 18.9 Å². The Balaban J connectivity index is 0.00000158. The van der Waals surface area contributed by atoms with Gasteiger partial charge in [-0.25, -0.2) is 4.98 Å². The molecule has 0 aliphatic carbocycles. The van der Waals surface area contributed by atoms with Gasteiger partial charge in [-0.2, -0.15) is 13.2 Å². The summed E-state index contributed by atoms with van der Waals surface area (Å²) < 4.78 is 45.6. The van der Waals surface area contributed by atoms with E-state index in [0.29, 0.717) is 36.6 Å². The number of carbonyl (C=O) groups excluding carboxylic acids is 2. The van der Waals surface area contributed by atoms with Gasteiger partial charge < -0.3 is 19.5 Å². The maximum atomic E-state index is 13.1. The molecule has 1 fully saturated rings. The Hall–Kier alpha value is -2.59. The average molecular weight is 501 g/mol. The van der Waals surface area contributed by atoms with Crippen LogP contribution in [0.5, 0.6) is 0 Å². The summed E-state index contributed by atoms with van der Waals surface area (Å²) in [4.78, 5) is 31.2. The van der Waals surface area contributed by atoms with Crippen molar-refractivity contribution in [1.82, 2.24) is 19.8 Å². The van der Waals surface area contributed by atoms with Crippen LogP contribution in [-0.2, 0) is 30.6 Å². The first kappa shape index (κ1) is 26.0. The molecule has 7 nitrogen and oxygen atoms in total. The number of nitrogens with one attached hydrogen (secondary N) is 1. The van der Waals surface area contributed by atoms with E-state index in [1.165, 1.54) is 6.07 Å². The molecule has 0 spiro atoms. The lowest BCUT2D eigenvalue weighted by atomic mass is 10.2. The maximum absolute atomic E-state index is 13.1. The molecule has 2 aliphatic heterocycles. The quantitative estimate of drug-likeness (QED) is 0.619. The highest BCUT2D eigenvalue weighted by Crippen LogP contribution is 2.30. The van der Waals surface area contributed by atoms with E-state index in [4.69, 9.17) is 16.3 Å². The fourth-order valence-electron chi connectivity index (χ4n) is 4.10. The molecular formula is C23H28ClF3N4O3. The maximum Gasteiger partial charge on any atom is 0.433 e. The normalized spacial score (nSPS) is 17.6. The largest absolute Gasteiger partial charge is 0.433 e. The van der Waals surface area contributed by atoms with Gasteiger partial charge in [0.25, 0.3) is 11.8 Å². The minimum absolute atomic E-state index is 0.110. The first-order valence-electron chi connectivity index (χ1n) is 11.3. The predicted molar refractivity (Wildman–Crippen MR) is 121 cm³/mol. The number of nitrogens with zero attached hydrogens (tertiary/aromatic N) is 3. The number of rotatable bonds is 4. The van der Waals surface area contributed by atoms with Crippen molar-refractivity contribution in [2.75, 3.05) is 13.2 Å². The van der Waals surface area contributed by atoms with Crippen molar-refractivity contribution in [3.8, 4) is 0 Å². The van der Waals surface area contributed by atoms with Crippen LogP contribution in [0.4, 0.5) is 13.2 Å². The van der Waals surface area contributed by atoms with Gasteiger partial charge in [0.2, 0.25) is 0 Å². The monoisotopic (exact) mass is 500 g/mol. The lowest BCUT2D eigenvalue weighted by Gasteiger charge is -2.24. The molecule has 1 unspecified atom stereocenters. The Morgan fingerprint density at radius 3 is 2.62 bits per heavy atom. The average Bonchev–Trinajstić information content (AvgIpc) is 3.42. The molecule has 4 heterocycles. The van der Waals surface area contributed by atoms with E-state index >= 15 is 0 Å². The number of amides is 2. The van der Waals surface area contributed by atoms with Crippen molar-refractivity contribution in [3.63, 3.8) is 0 Å². The Morgan fingerprint density at radius 1 is 1.26 bits per heavy atom. The van der Waals surface area contributed by atoms with Crippen molar-refractivity contribution < 1.29 is 27.5 Å². The standard InChI is InChI=1S/C21H22ClF3N4O3.C2H6/c1-12-3-2-6-28(12)20(31)15-9-14(16-11-32-8-7-29(15)16)19(30)26-10-13-4-5-17(21(23,24)25)27-18(13)22;1-2/h4-5,9,12H,2-3,6-8,10-11H2,1H3,(H,26,30);1-2H3. The van der Waals surface area contributed by atoms with Crippen LogP contribution in [0.2, 0.25) is 5.15 Å². The molecule has 1 atom stereocenters. The zero-order chi connectivity index (χ0) is 25.0. The number of hydrogen-bond donors (Lipinski definition) is 1. The number of likely N-dealkylation sites (tertiary alicyclic amines) is 1. The van der Waals surface area contributed by atoms with Gasteiger partial charge >= 0.3 is 6.18 Å². The van der Waals surface area contributed by atoms with Crippen molar-refractivity contribution in [3.05, 3.63) is 51.6 Å². The van der Waals surface area contributed by atoms with Gasteiger partial charge in [0.15, 0.2) is 0 Å². The second-order valence-electron chi connectivity index (χ2n) is 7.91. The molecule has 0 saturated carbocycles. The van der Waals surface area contributed by atoms with Gasteiger partial charge in [0.05, 0.1) is 24.5 Å². The minimum Gasteiger partial charge on any atom is -0.373 e. The number of ether oxygens (including phenoxy) is 1. The Labute approximate surface area is 201 Å². The molecule has 2 aliphatic rings. The molecule has 186 valence electrons. The van der Waals surface area contributed by atoms with E-state index < -0.39 is 17.8 Å². The van der Waals surface area contributed by atoms with Crippen LogP contribution in [0.3, 0.4) is 0 Å². The summed E-state index contributed by atoms with van der Waals surface area (Å²) in [6, 6.07) is 3.70. The van der Waals surface area contributed by atoms with E-state index in [9.17, 15) is 22.8 Å². The highest BCUT2D eigenvalue weighted by atomic mass is 35.5. The van der Waals surface area contributed by atoms with Gasteiger partial charge in [-0.3, -0.25) is 9.59 Å². The molecule has 4 rings (SSSR count). The zero-order valence-corrected chi connectivity index (χ0v) is 20.1. The van der Waals surface area contributed by atoms with Gasteiger partial charge in [-0.15, -0.1) is 0 Å². The lowest BCUT2D eigenvalue weighted by molar-refractivity contribution is -0.141. The van der Waals surface area contributed by atoms with Crippen LogP contribution in [0.1, 0.15) is 71.4 Å². The smallest absolute Gasteiger partial charge is 0.373 e. The highest BCUT2D eigenvalue weighted by molar-refractivity contribution is 6.30. The summed E-state index contributed by atoms with van der Waals surface area (Å²) in [6.45, 7) is 7.66. The molecule has 2 aromatic heterocycles. The molecule has 34 heavy (non-hydrogen) atoms. The van der Waals surface area contributed by atoms with Crippen molar-refractivity contribution in [1.29, 1.82) is 0 Å². The summed E-state index contributed by atoms with van der Waals surface area (Å²) in [5.41, 5.74) is 0.489. The highest BCUT2D eigenvalue weighted by Gasteiger charge is 2.34. The third-order valence-electron chi connectivity index (χ3n) is 5.84. The number of halogens is 4. The summed E-state index contributed by atoms with van der Waals surface area (Å²) >= 11 is 5.88. The molecule has 0 aromatic carbocycles. The second-order valence-corrected chi connectivity index (χ2v) is 8.27. The fourth-order valence-corrected chi connectivity index (χ4v) is 4.32. The molecule has 2 aromatic rings. The van der Waals surface area contributed by atoms with Crippen molar-refractivity contribution in [2.24, 2.45) is 0 Å². The number of aromatic nitrogens is 2. The molecule has 2 amide bonds. The molecule has 0 radical (unpaired) electrons. The second kappa shape index (κ2) is 10.8. The van der Waals surface area contributed by atoms with Crippen LogP contribution in [-0.4, -0.2) is 45.5 Å². The summed E-state index contributed by atoms with van der Waals surface area (Å²) in [7, 11) is 0. The number of alkyl halides is 3. The number of pyridine rings is 1. The molecule has 1 saturated heterocycles. The van der Waals surface area contributed by atoms with Crippen molar-refractivity contribution in [2.45, 2.75) is 65.5 Å². The minimum atomic E-state index is -4.60. The van der Waals surface area contributed by atoms with E-state index in [2.05, 4.69) is 10.3 Å². The van der Waals surface area contributed by atoms with Gasteiger partial charge in [-0.05, 0) is 31.9 Å². The number of hydrogen-bond acceptors (Lipinski definition) is 4.